The van der Waals surface area contributed by atoms with E-state index in [1.165, 1.54) is 24.3 Å². The number of rotatable bonds is 2. The highest BCUT2D eigenvalue weighted by molar-refractivity contribution is 6.06. The molecule has 1 amide bonds. The number of carbonyl (C=O) groups is 1. The summed E-state index contributed by atoms with van der Waals surface area (Å²) in [6, 6.07) is 7.10. The normalized spacial score (nSPS) is 11.2. The van der Waals surface area contributed by atoms with Crippen molar-refractivity contribution in [3.05, 3.63) is 59.4 Å². The Morgan fingerprint density at radius 2 is 1.76 bits per heavy atom. The number of phenols is 1. The predicted octanol–water partition coefficient (Wildman–Crippen LogP) is 3.80. The molecule has 0 bridgehead atoms. The summed E-state index contributed by atoms with van der Waals surface area (Å²) in [5.41, 5.74) is -1.87. The smallest absolute Gasteiger partial charge is 0.416 e. The Morgan fingerprint density at radius 1 is 1.10 bits per heavy atom. The summed E-state index contributed by atoms with van der Waals surface area (Å²) in [7, 11) is 0. The molecular weight excluding hydrogens is 290 g/mol. The standard InChI is InChI=1S/C14H9F4NO2/c15-10-6-5-8(14(16,17)18)7-11(10)19-13(21)9-3-1-2-4-12(9)20/h1-7,20H,(H,19,21). The van der Waals surface area contributed by atoms with Gasteiger partial charge in [0, 0.05) is 0 Å². The Morgan fingerprint density at radius 3 is 2.38 bits per heavy atom. The van der Waals surface area contributed by atoms with Crippen molar-refractivity contribution in [3.63, 3.8) is 0 Å². The molecule has 7 heteroatoms. The van der Waals surface area contributed by atoms with Crippen molar-refractivity contribution in [1.82, 2.24) is 0 Å². The first kappa shape index (κ1) is 14.8. The lowest BCUT2D eigenvalue weighted by molar-refractivity contribution is -0.137. The van der Waals surface area contributed by atoms with Gasteiger partial charge in [0.05, 0.1) is 16.8 Å². The molecule has 21 heavy (non-hydrogen) atoms. The average molecular weight is 299 g/mol. The molecule has 0 saturated heterocycles. The number of benzene rings is 2. The van der Waals surface area contributed by atoms with Crippen LogP contribution in [0.4, 0.5) is 23.2 Å². The molecule has 2 aromatic rings. The number of aromatic hydroxyl groups is 1. The summed E-state index contributed by atoms with van der Waals surface area (Å²) >= 11 is 0. The van der Waals surface area contributed by atoms with Gasteiger partial charge in [0.1, 0.15) is 11.6 Å². The van der Waals surface area contributed by atoms with Gasteiger partial charge < -0.3 is 10.4 Å². The molecular formula is C14H9F4NO2. The van der Waals surface area contributed by atoms with E-state index in [0.29, 0.717) is 18.2 Å². The number of amides is 1. The van der Waals surface area contributed by atoms with Crippen molar-refractivity contribution < 1.29 is 27.5 Å². The van der Waals surface area contributed by atoms with Gasteiger partial charge in [-0.15, -0.1) is 0 Å². The van der Waals surface area contributed by atoms with Crippen LogP contribution >= 0.6 is 0 Å². The molecule has 110 valence electrons. The fourth-order valence-corrected chi connectivity index (χ4v) is 1.65. The summed E-state index contributed by atoms with van der Waals surface area (Å²) in [4.78, 5) is 11.8. The van der Waals surface area contributed by atoms with Gasteiger partial charge in [0.15, 0.2) is 0 Å². The van der Waals surface area contributed by atoms with E-state index in [9.17, 15) is 27.5 Å². The highest BCUT2D eigenvalue weighted by Gasteiger charge is 2.31. The molecule has 0 aromatic heterocycles. The average Bonchev–Trinajstić information content (AvgIpc) is 2.40. The zero-order chi connectivity index (χ0) is 15.6. The Kier molecular flexibility index (Phi) is 3.84. The second kappa shape index (κ2) is 5.43. The number of hydrogen-bond donors (Lipinski definition) is 2. The molecule has 0 heterocycles. The number of halogens is 4. The Bertz CT molecular complexity index is 683. The Balaban J connectivity index is 2.31. The van der Waals surface area contributed by atoms with Crippen LogP contribution in [0.2, 0.25) is 0 Å². The summed E-state index contributed by atoms with van der Waals surface area (Å²) in [6.07, 6.45) is -4.65. The minimum Gasteiger partial charge on any atom is -0.507 e. The molecule has 0 unspecified atom stereocenters. The van der Waals surface area contributed by atoms with Gasteiger partial charge in [-0.05, 0) is 30.3 Å². The molecule has 0 atom stereocenters. The summed E-state index contributed by atoms with van der Waals surface area (Å²) in [5.74, 6) is -2.28. The number of phenolic OH excluding ortho intramolecular Hbond substituents is 1. The van der Waals surface area contributed by atoms with Gasteiger partial charge >= 0.3 is 6.18 Å². The lowest BCUT2D eigenvalue weighted by Crippen LogP contribution is -2.14. The predicted molar refractivity (Wildman–Crippen MR) is 67.5 cm³/mol. The van der Waals surface area contributed by atoms with E-state index in [1.807, 2.05) is 5.32 Å². The Hall–Kier alpha value is -2.57. The largest absolute Gasteiger partial charge is 0.507 e. The van der Waals surface area contributed by atoms with Crippen LogP contribution in [0.25, 0.3) is 0 Å². The first-order valence-electron chi connectivity index (χ1n) is 5.75. The number of para-hydroxylation sites is 1. The van der Waals surface area contributed by atoms with Gasteiger partial charge in [-0.1, -0.05) is 12.1 Å². The van der Waals surface area contributed by atoms with E-state index in [1.54, 1.807) is 0 Å². The third-order valence-corrected chi connectivity index (χ3v) is 2.69. The highest BCUT2D eigenvalue weighted by Crippen LogP contribution is 2.32. The molecule has 2 aromatic carbocycles. The molecule has 0 spiro atoms. The quantitative estimate of drug-likeness (QED) is 0.829. The van der Waals surface area contributed by atoms with Crippen LogP contribution in [0, 0.1) is 5.82 Å². The van der Waals surface area contributed by atoms with Gasteiger partial charge in [-0.2, -0.15) is 13.2 Å². The van der Waals surface area contributed by atoms with E-state index >= 15 is 0 Å². The summed E-state index contributed by atoms with van der Waals surface area (Å²) in [6.45, 7) is 0. The maximum Gasteiger partial charge on any atom is 0.416 e. The lowest BCUT2D eigenvalue weighted by Gasteiger charge is -2.11. The third kappa shape index (κ3) is 3.31. The zero-order valence-electron chi connectivity index (χ0n) is 10.4. The number of nitrogens with one attached hydrogen (secondary N) is 1. The Labute approximate surface area is 116 Å². The second-order valence-electron chi connectivity index (χ2n) is 4.16. The fraction of sp³-hybridized carbons (Fsp3) is 0.0714. The molecule has 2 rings (SSSR count). The summed E-state index contributed by atoms with van der Waals surface area (Å²) in [5, 5.41) is 11.5. The first-order valence-corrected chi connectivity index (χ1v) is 5.75. The van der Waals surface area contributed by atoms with Gasteiger partial charge in [-0.25, -0.2) is 4.39 Å². The first-order chi connectivity index (χ1) is 9.79. The number of anilines is 1. The molecule has 0 fully saturated rings. The molecule has 0 saturated carbocycles. The van der Waals surface area contributed by atoms with Gasteiger partial charge in [-0.3, -0.25) is 4.79 Å². The third-order valence-electron chi connectivity index (χ3n) is 2.69. The zero-order valence-corrected chi connectivity index (χ0v) is 10.4. The molecule has 0 aliphatic rings. The molecule has 0 radical (unpaired) electrons. The summed E-state index contributed by atoms with van der Waals surface area (Å²) < 4.78 is 51.1. The molecule has 3 nitrogen and oxygen atoms in total. The van der Waals surface area contributed by atoms with Crippen LogP contribution in [-0.4, -0.2) is 11.0 Å². The maximum absolute atomic E-state index is 13.5. The van der Waals surface area contributed by atoms with Crippen LogP contribution in [0.1, 0.15) is 15.9 Å². The van der Waals surface area contributed by atoms with Crippen molar-refractivity contribution in [2.24, 2.45) is 0 Å². The van der Waals surface area contributed by atoms with Crippen molar-refractivity contribution >= 4 is 11.6 Å². The maximum atomic E-state index is 13.5. The monoisotopic (exact) mass is 299 g/mol. The van der Waals surface area contributed by atoms with Gasteiger partial charge in [0.2, 0.25) is 0 Å². The highest BCUT2D eigenvalue weighted by atomic mass is 19.4. The number of hydrogen-bond acceptors (Lipinski definition) is 2. The van der Waals surface area contributed by atoms with E-state index in [-0.39, 0.29) is 11.3 Å². The van der Waals surface area contributed by atoms with Crippen LogP contribution in [0.3, 0.4) is 0 Å². The van der Waals surface area contributed by atoms with Crippen molar-refractivity contribution in [2.45, 2.75) is 6.18 Å². The van der Waals surface area contributed by atoms with Crippen LogP contribution in [0.15, 0.2) is 42.5 Å². The minimum absolute atomic E-state index is 0.172. The lowest BCUT2D eigenvalue weighted by atomic mass is 10.1. The van der Waals surface area contributed by atoms with Crippen LogP contribution < -0.4 is 5.32 Å². The van der Waals surface area contributed by atoms with Crippen molar-refractivity contribution in [1.29, 1.82) is 0 Å². The van der Waals surface area contributed by atoms with Crippen molar-refractivity contribution in [2.75, 3.05) is 5.32 Å². The second-order valence-corrected chi connectivity index (χ2v) is 4.16. The van der Waals surface area contributed by atoms with E-state index in [2.05, 4.69) is 0 Å². The van der Waals surface area contributed by atoms with Crippen molar-refractivity contribution in [3.8, 4) is 5.75 Å². The minimum atomic E-state index is -4.65. The van der Waals surface area contributed by atoms with E-state index < -0.39 is 29.2 Å². The van der Waals surface area contributed by atoms with Crippen LogP contribution in [-0.2, 0) is 6.18 Å². The SMILES string of the molecule is O=C(Nc1cc(C(F)(F)F)ccc1F)c1ccccc1O. The number of alkyl halides is 3. The topological polar surface area (TPSA) is 49.3 Å². The molecule has 0 aliphatic heterocycles. The molecule has 2 N–H and O–H groups in total. The van der Waals surface area contributed by atoms with E-state index in [4.69, 9.17) is 0 Å². The van der Waals surface area contributed by atoms with E-state index in [0.717, 1.165) is 0 Å². The van der Waals surface area contributed by atoms with Gasteiger partial charge in [0.25, 0.3) is 5.91 Å². The fourth-order valence-electron chi connectivity index (χ4n) is 1.65. The van der Waals surface area contributed by atoms with Crippen LogP contribution in [0.5, 0.6) is 5.75 Å². The number of carbonyl (C=O) groups excluding carboxylic acids is 1. The molecule has 0 aliphatic carbocycles.